The highest BCUT2D eigenvalue weighted by molar-refractivity contribution is 5.45. The molecule has 1 amide bonds. The summed E-state index contributed by atoms with van der Waals surface area (Å²) in [7, 11) is 5.49. The summed E-state index contributed by atoms with van der Waals surface area (Å²) < 4.78 is 10.2. The number of aromatic hydroxyl groups is 1. The van der Waals surface area contributed by atoms with Crippen molar-refractivity contribution < 1.29 is 24.5 Å². The first-order valence-corrected chi connectivity index (χ1v) is 12.7. The molecular weight excluding hydrogens is 446 g/mol. The molecule has 35 heavy (non-hydrogen) atoms. The molecular formula is C27H49N3O5. The Bertz CT molecular complexity index is 718. The number of nitrogens with one attached hydrogen (secondary N) is 1. The standard InChI is InChI=1S/C18H29NO3.C9H20N2O2/c1-19-11-6-8-16(14-19)18(21,10-3-4-12-22-2)15-7-5-9-17(20)13-15;1-9(2,6-13-3)4-8(10)5-11-7-12/h5,7,9,13,16,20-21H,3-4,6,8,10-12,14H2,1-2H3;7-8H,4-6,10H2,1-3H3,(H,11,12)/t16?,18-;8-/m10/s1. The van der Waals surface area contributed by atoms with Gasteiger partial charge in [-0.15, -0.1) is 0 Å². The summed E-state index contributed by atoms with van der Waals surface area (Å²) >= 11 is 0. The first kappa shape index (κ1) is 31.3. The van der Waals surface area contributed by atoms with Crippen molar-refractivity contribution in [1.82, 2.24) is 10.2 Å². The molecule has 2 rings (SSSR count). The van der Waals surface area contributed by atoms with E-state index in [2.05, 4.69) is 31.1 Å². The van der Waals surface area contributed by atoms with Crippen molar-refractivity contribution in [2.45, 2.75) is 64.0 Å². The van der Waals surface area contributed by atoms with Gasteiger partial charge in [0, 0.05) is 45.9 Å². The lowest BCUT2D eigenvalue weighted by Crippen LogP contribution is -2.45. The molecule has 1 aliphatic rings. The van der Waals surface area contributed by atoms with Gasteiger partial charge in [0.05, 0.1) is 12.2 Å². The second kappa shape index (κ2) is 16.1. The Labute approximate surface area is 212 Å². The number of hydrogen-bond acceptors (Lipinski definition) is 7. The number of likely N-dealkylation sites (tertiary alicyclic amines) is 1. The average Bonchev–Trinajstić information content (AvgIpc) is 2.80. The van der Waals surface area contributed by atoms with Crippen LogP contribution in [0, 0.1) is 11.3 Å². The monoisotopic (exact) mass is 495 g/mol. The highest BCUT2D eigenvalue weighted by Crippen LogP contribution is 2.40. The number of ether oxygens (including phenoxy) is 2. The molecule has 1 fully saturated rings. The fraction of sp³-hybridized carbons (Fsp3) is 0.741. The second-order valence-corrected chi connectivity index (χ2v) is 10.6. The first-order chi connectivity index (χ1) is 16.6. The van der Waals surface area contributed by atoms with Gasteiger partial charge in [-0.05, 0) is 75.2 Å². The third-order valence-corrected chi connectivity index (χ3v) is 6.62. The Balaban J connectivity index is 0.000000405. The second-order valence-electron chi connectivity index (χ2n) is 10.6. The minimum Gasteiger partial charge on any atom is -0.508 e. The molecule has 5 N–H and O–H groups in total. The highest BCUT2D eigenvalue weighted by atomic mass is 16.5. The number of hydrogen-bond donors (Lipinski definition) is 4. The fourth-order valence-corrected chi connectivity index (χ4v) is 4.99. The molecule has 0 radical (unpaired) electrons. The van der Waals surface area contributed by atoms with E-state index in [1.807, 2.05) is 12.1 Å². The van der Waals surface area contributed by atoms with Gasteiger partial charge in [0.2, 0.25) is 6.41 Å². The van der Waals surface area contributed by atoms with E-state index in [-0.39, 0.29) is 23.1 Å². The van der Waals surface area contributed by atoms with Gasteiger partial charge < -0.3 is 35.6 Å². The van der Waals surface area contributed by atoms with Gasteiger partial charge in [0.25, 0.3) is 0 Å². The number of methoxy groups -OCH3 is 2. The number of carbonyl (C=O) groups is 1. The number of nitrogens with zero attached hydrogens (tertiary/aromatic N) is 1. The van der Waals surface area contributed by atoms with E-state index in [9.17, 15) is 15.0 Å². The maximum absolute atomic E-state index is 11.5. The van der Waals surface area contributed by atoms with Gasteiger partial charge in [0.1, 0.15) is 5.75 Å². The summed E-state index contributed by atoms with van der Waals surface area (Å²) in [5.74, 6) is 0.424. The van der Waals surface area contributed by atoms with E-state index in [0.29, 0.717) is 26.0 Å². The molecule has 1 heterocycles. The van der Waals surface area contributed by atoms with Crippen molar-refractivity contribution in [1.29, 1.82) is 0 Å². The van der Waals surface area contributed by atoms with Crippen LogP contribution in [-0.2, 0) is 19.9 Å². The molecule has 3 atom stereocenters. The minimum atomic E-state index is -0.874. The quantitative estimate of drug-likeness (QED) is 0.232. The predicted molar refractivity (Wildman–Crippen MR) is 140 cm³/mol. The highest BCUT2D eigenvalue weighted by Gasteiger charge is 2.39. The number of rotatable bonds is 14. The van der Waals surface area contributed by atoms with E-state index in [1.165, 1.54) is 0 Å². The third kappa shape index (κ3) is 11.7. The predicted octanol–water partition coefficient (Wildman–Crippen LogP) is 2.86. The molecule has 0 bridgehead atoms. The number of carbonyl (C=O) groups excluding carboxylic acids is 1. The maximum atomic E-state index is 11.5. The maximum Gasteiger partial charge on any atom is 0.207 e. The topological polar surface area (TPSA) is 117 Å². The van der Waals surface area contributed by atoms with Gasteiger partial charge in [0.15, 0.2) is 0 Å². The van der Waals surface area contributed by atoms with Crippen LogP contribution in [0.1, 0.15) is 57.9 Å². The average molecular weight is 496 g/mol. The van der Waals surface area contributed by atoms with Crippen molar-refractivity contribution in [3.8, 4) is 5.75 Å². The molecule has 8 nitrogen and oxygen atoms in total. The van der Waals surface area contributed by atoms with Crippen LogP contribution >= 0.6 is 0 Å². The SMILES string of the molecule is COCC(C)(C)C[C@H](N)CNC=O.COCCCC[C@@](O)(c1cccc(O)c1)C1CCCN(C)C1. The number of phenolic OH excluding ortho intramolecular Hbond substituents is 1. The van der Waals surface area contributed by atoms with Gasteiger partial charge in [-0.3, -0.25) is 4.79 Å². The first-order valence-electron chi connectivity index (χ1n) is 12.7. The number of benzene rings is 1. The van der Waals surface area contributed by atoms with Crippen molar-refractivity contribution in [2.75, 3.05) is 54.1 Å². The minimum absolute atomic E-state index is 0.00431. The lowest BCUT2D eigenvalue weighted by Gasteiger charge is -2.42. The van der Waals surface area contributed by atoms with Crippen LogP contribution in [0.25, 0.3) is 0 Å². The van der Waals surface area contributed by atoms with Crippen molar-refractivity contribution in [3.05, 3.63) is 29.8 Å². The zero-order chi connectivity index (χ0) is 26.3. The van der Waals surface area contributed by atoms with Crippen LogP contribution in [0.4, 0.5) is 0 Å². The Morgan fingerprint density at radius 1 is 1.29 bits per heavy atom. The molecule has 1 aliphatic heterocycles. The van der Waals surface area contributed by atoms with Gasteiger partial charge in [-0.2, -0.15) is 0 Å². The van der Waals surface area contributed by atoms with Gasteiger partial charge in [-0.25, -0.2) is 0 Å². The Kier molecular flexibility index (Phi) is 14.4. The van der Waals surface area contributed by atoms with Crippen LogP contribution in [0.2, 0.25) is 0 Å². The summed E-state index contributed by atoms with van der Waals surface area (Å²) in [6, 6.07) is 7.12. The molecule has 0 aromatic heterocycles. The molecule has 1 aromatic rings. The summed E-state index contributed by atoms with van der Waals surface area (Å²) in [4.78, 5) is 12.3. The Hall–Kier alpha value is -1.71. The van der Waals surface area contributed by atoms with E-state index >= 15 is 0 Å². The summed E-state index contributed by atoms with van der Waals surface area (Å²) in [5.41, 5.74) is 5.83. The molecule has 8 heteroatoms. The number of phenols is 1. The number of unbranched alkanes of at least 4 members (excludes halogenated alkanes) is 1. The molecule has 0 spiro atoms. The van der Waals surface area contributed by atoms with Crippen molar-refractivity contribution in [2.24, 2.45) is 17.1 Å². The van der Waals surface area contributed by atoms with Crippen LogP contribution in [0.3, 0.4) is 0 Å². The van der Waals surface area contributed by atoms with E-state index < -0.39 is 5.60 Å². The summed E-state index contributed by atoms with van der Waals surface area (Å²) in [6.07, 6.45) is 6.21. The molecule has 0 aliphatic carbocycles. The Morgan fingerprint density at radius 2 is 2.03 bits per heavy atom. The van der Waals surface area contributed by atoms with E-state index in [1.54, 1.807) is 26.4 Å². The lowest BCUT2D eigenvalue weighted by atomic mass is 9.74. The summed E-state index contributed by atoms with van der Waals surface area (Å²) in [6.45, 7) is 8.11. The van der Waals surface area contributed by atoms with Gasteiger partial charge >= 0.3 is 0 Å². The molecule has 0 saturated carbocycles. The normalized spacial score (nSPS) is 19.2. The molecule has 202 valence electrons. The molecule has 1 saturated heterocycles. The number of amides is 1. The molecule has 1 unspecified atom stereocenters. The van der Waals surface area contributed by atoms with Gasteiger partial charge in [-0.1, -0.05) is 26.0 Å². The van der Waals surface area contributed by atoms with Crippen molar-refractivity contribution in [3.63, 3.8) is 0 Å². The Morgan fingerprint density at radius 3 is 2.63 bits per heavy atom. The van der Waals surface area contributed by atoms with Crippen molar-refractivity contribution >= 4 is 6.41 Å². The van der Waals surface area contributed by atoms with E-state index in [0.717, 1.165) is 57.4 Å². The largest absolute Gasteiger partial charge is 0.508 e. The third-order valence-electron chi connectivity index (χ3n) is 6.62. The number of piperidine rings is 1. The smallest absolute Gasteiger partial charge is 0.207 e. The molecule has 1 aromatic carbocycles. The lowest BCUT2D eigenvalue weighted by molar-refractivity contribution is -0.109. The van der Waals surface area contributed by atoms with Crippen LogP contribution < -0.4 is 11.1 Å². The van der Waals surface area contributed by atoms with Crippen LogP contribution in [0.5, 0.6) is 5.75 Å². The number of nitrogens with two attached hydrogens (primary N) is 1. The van der Waals surface area contributed by atoms with E-state index in [4.69, 9.17) is 15.2 Å². The van der Waals surface area contributed by atoms with Crippen LogP contribution in [-0.4, -0.2) is 81.7 Å². The zero-order valence-electron chi connectivity index (χ0n) is 22.5. The number of aliphatic hydroxyl groups is 1. The zero-order valence-corrected chi connectivity index (χ0v) is 22.5. The van der Waals surface area contributed by atoms with Crippen LogP contribution in [0.15, 0.2) is 24.3 Å². The fourth-order valence-electron chi connectivity index (χ4n) is 4.99. The summed E-state index contributed by atoms with van der Waals surface area (Å²) in [5, 5.41) is 23.8.